The first-order valence-electron chi connectivity index (χ1n) is 12.4. The van der Waals surface area contributed by atoms with Crippen molar-refractivity contribution < 1.29 is 87.1 Å². The lowest BCUT2D eigenvalue weighted by molar-refractivity contribution is -0.135. The van der Waals surface area contributed by atoms with Gasteiger partial charge in [0.1, 0.15) is 25.1 Å². The number of thiophene rings is 2. The highest BCUT2D eigenvalue weighted by molar-refractivity contribution is 7.53. The third kappa shape index (κ3) is 16.1. The van der Waals surface area contributed by atoms with Crippen LogP contribution in [-0.2, 0) is 27.6 Å². The molecule has 2 heterocycles. The van der Waals surface area contributed by atoms with E-state index in [0.29, 0.717) is 0 Å². The minimum absolute atomic E-state index is 0.0113. The van der Waals surface area contributed by atoms with Gasteiger partial charge in [-0.2, -0.15) is 9.35 Å². The first kappa shape index (κ1) is 43.0. The van der Waals surface area contributed by atoms with Crippen LogP contribution in [0.5, 0.6) is 0 Å². The molecule has 0 radical (unpaired) electrons. The molecule has 0 fully saturated rings. The van der Waals surface area contributed by atoms with Crippen LogP contribution in [0.4, 0.5) is 22.7 Å². The molecule has 0 aromatic carbocycles. The SMILES string of the molecule is O=P(O)(O)CN(CCCN(CP(=O)(O)O)c1cscc1N(CP(O)OO)CP(=O)(O)O)c1cscc1N(CP(O)OO)CP(=O)(O)O. The second kappa shape index (κ2) is 18.4. The maximum atomic E-state index is 12.1. The Morgan fingerprint density at radius 3 is 1.04 bits per heavy atom. The van der Waals surface area contributed by atoms with Gasteiger partial charge in [-0.15, -0.1) is 22.7 Å². The van der Waals surface area contributed by atoms with E-state index >= 15 is 0 Å². The highest BCUT2D eigenvalue weighted by Gasteiger charge is 2.31. The molecule has 0 saturated heterocycles. The fourth-order valence-electron chi connectivity index (χ4n) is 4.13. The van der Waals surface area contributed by atoms with E-state index in [9.17, 15) is 67.2 Å². The largest absolute Gasteiger partial charge is 0.357 e. The maximum Gasteiger partial charge on any atom is 0.344 e. The highest BCUT2D eigenvalue weighted by Crippen LogP contribution is 2.48. The van der Waals surface area contributed by atoms with Gasteiger partial charge in [0.15, 0.2) is 0 Å². The Labute approximate surface area is 277 Å². The van der Waals surface area contributed by atoms with Gasteiger partial charge < -0.3 is 68.5 Å². The highest BCUT2D eigenvalue weighted by atomic mass is 32.1. The minimum atomic E-state index is -4.81. The fraction of sp³-hybridized carbons (Fsp3) is 0.529. The van der Waals surface area contributed by atoms with Crippen LogP contribution in [0, 0.1) is 0 Å². The monoisotopic (exact) mass is 832 g/mol. The van der Waals surface area contributed by atoms with Crippen molar-refractivity contribution in [2.45, 2.75) is 6.42 Å². The molecule has 272 valence electrons. The van der Waals surface area contributed by atoms with Crippen molar-refractivity contribution >= 4 is 92.6 Å². The predicted molar refractivity (Wildman–Crippen MR) is 176 cm³/mol. The summed E-state index contributed by atoms with van der Waals surface area (Å²) in [6.07, 6.45) is -5.06. The Morgan fingerprint density at radius 2 is 0.787 bits per heavy atom. The molecule has 2 rings (SSSR count). The summed E-state index contributed by atoms with van der Waals surface area (Å²) in [5.41, 5.74) is 0.132. The standard InChI is InChI=1S/C17H34N4O18P6S2/c22-38-40(24)8-20(12-44(32,33)34)16-6-46-4-14(16)18(10-42(26,27)28)2-1-3-19(11-43(29,30)31)15-5-47-7-17(15)21(9-41(25)39-23)13-45(35,36)37/h4-7,22-25H,1-3,8-13H2,(H2,26,27,28)(H2,29,30,31)(H2,32,33,34)(H2,35,36,37). The molecular formula is C17H34N4O18P6S2. The number of hydrogen-bond donors (Lipinski definition) is 12. The van der Waals surface area contributed by atoms with Gasteiger partial charge in [-0.3, -0.25) is 18.3 Å². The quantitative estimate of drug-likeness (QED) is 0.0459. The zero-order valence-corrected chi connectivity index (χ0v) is 30.8. The van der Waals surface area contributed by atoms with Crippen LogP contribution in [0.25, 0.3) is 0 Å². The lowest BCUT2D eigenvalue weighted by atomic mass is 10.3. The molecule has 0 aliphatic heterocycles. The van der Waals surface area contributed by atoms with E-state index in [2.05, 4.69) is 9.35 Å². The number of hydrogen-bond acceptors (Lipinski definition) is 16. The van der Waals surface area contributed by atoms with Crippen LogP contribution in [0.3, 0.4) is 0 Å². The Bertz CT molecular complexity index is 1360. The third-order valence-corrected chi connectivity index (χ3v) is 11.5. The summed E-state index contributed by atoms with van der Waals surface area (Å²) < 4.78 is 55.5. The first-order chi connectivity index (χ1) is 21.5. The van der Waals surface area contributed by atoms with Crippen molar-refractivity contribution in [2.75, 3.05) is 70.4 Å². The molecule has 47 heavy (non-hydrogen) atoms. The Balaban J connectivity index is 2.46. The Morgan fingerprint density at radius 1 is 0.532 bits per heavy atom. The average molecular weight is 832 g/mol. The van der Waals surface area contributed by atoms with E-state index in [0.717, 1.165) is 42.3 Å². The van der Waals surface area contributed by atoms with E-state index in [1.54, 1.807) is 0 Å². The van der Waals surface area contributed by atoms with Crippen LogP contribution >= 0.6 is 69.8 Å². The molecule has 22 nitrogen and oxygen atoms in total. The van der Waals surface area contributed by atoms with E-state index < -0.39 is 84.8 Å². The summed E-state index contributed by atoms with van der Waals surface area (Å²) in [5.74, 6) is 0. The minimum Gasteiger partial charge on any atom is -0.357 e. The van der Waals surface area contributed by atoms with Gasteiger partial charge in [-0.25, -0.2) is 10.5 Å². The van der Waals surface area contributed by atoms with E-state index in [4.69, 9.17) is 10.5 Å². The molecule has 2 aromatic rings. The number of nitrogens with zero attached hydrogens (tertiary/aromatic N) is 4. The van der Waals surface area contributed by atoms with Crippen molar-refractivity contribution in [2.24, 2.45) is 0 Å². The van der Waals surface area contributed by atoms with Gasteiger partial charge in [0.05, 0.1) is 35.3 Å². The summed E-state index contributed by atoms with van der Waals surface area (Å²) in [4.78, 5) is 101. The van der Waals surface area contributed by atoms with Crippen LogP contribution in [-0.4, -0.2) is 110 Å². The van der Waals surface area contributed by atoms with Crippen molar-refractivity contribution in [1.29, 1.82) is 0 Å². The molecule has 0 amide bonds. The van der Waals surface area contributed by atoms with Crippen LogP contribution < -0.4 is 19.6 Å². The van der Waals surface area contributed by atoms with Crippen LogP contribution in [0.1, 0.15) is 6.42 Å². The first-order valence-corrected chi connectivity index (χ1v) is 24.3. The second-order valence-electron chi connectivity index (χ2n) is 9.62. The maximum absolute atomic E-state index is 12.1. The van der Waals surface area contributed by atoms with Gasteiger partial charge in [0, 0.05) is 34.6 Å². The summed E-state index contributed by atoms with van der Waals surface area (Å²) in [5, 5.41) is 23.2. The van der Waals surface area contributed by atoms with E-state index in [1.165, 1.54) is 21.5 Å². The molecule has 30 heteroatoms. The van der Waals surface area contributed by atoms with Crippen molar-refractivity contribution in [3.63, 3.8) is 0 Å². The van der Waals surface area contributed by atoms with Crippen LogP contribution in [0.15, 0.2) is 21.5 Å². The molecule has 2 atom stereocenters. The molecule has 0 aliphatic rings. The molecular weight excluding hydrogens is 798 g/mol. The molecule has 0 spiro atoms. The van der Waals surface area contributed by atoms with Gasteiger partial charge in [-0.05, 0) is 6.42 Å². The van der Waals surface area contributed by atoms with Gasteiger partial charge >= 0.3 is 30.4 Å². The van der Waals surface area contributed by atoms with Crippen molar-refractivity contribution in [3.05, 3.63) is 21.5 Å². The molecule has 2 unspecified atom stereocenters. The lowest BCUT2D eigenvalue weighted by Gasteiger charge is -2.33. The number of anilines is 4. The fourth-order valence-corrected chi connectivity index (χ4v) is 10.2. The predicted octanol–water partition coefficient (Wildman–Crippen LogP) is 2.17. The van der Waals surface area contributed by atoms with Crippen molar-refractivity contribution in [1.82, 2.24) is 0 Å². The smallest absolute Gasteiger partial charge is 0.344 e. The molecule has 0 aliphatic carbocycles. The topological polar surface area (TPSA) is 342 Å². The second-order valence-corrected chi connectivity index (χ2v) is 19.9. The van der Waals surface area contributed by atoms with Crippen LogP contribution in [0.2, 0.25) is 0 Å². The molecule has 0 bridgehead atoms. The Kier molecular flexibility index (Phi) is 16.8. The zero-order chi connectivity index (χ0) is 35.8. The summed E-state index contributed by atoms with van der Waals surface area (Å²) in [7, 11) is -24.4. The molecule has 12 N–H and O–H groups in total. The molecule has 0 saturated carbocycles. The lowest BCUT2D eigenvalue weighted by Crippen LogP contribution is -2.34. The van der Waals surface area contributed by atoms with E-state index in [1.807, 2.05) is 0 Å². The van der Waals surface area contributed by atoms with Gasteiger partial charge in [0.25, 0.3) is 0 Å². The molecule has 2 aromatic heterocycles. The summed E-state index contributed by atoms with van der Waals surface area (Å²) in [6, 6.07) is 0. The average Bonchev–Trinajstić information content (AvgIpc) is 3.58. The third-order valence-electron chi connectivity index (χ3n) is 5.65. The zero-order valence-electron chi connectivity index (χ0n) is 23.8. The summed E-state index contributed by atoms with van der Waals surface area (Å²) >= 11 is 1.95. The summed E-state index contributed by atoms with van der Waals surface area (Å²) in [6.45, 7) is -0.459. The van der Waals surface area contributed by atoms with Crippen molar-refractivity contribution in [3.8, 4) is 0 Å². The van der Waals surface area contributed by atoms with E-state index in [-0.39, 0.29) is 42.3 Å². The number of rotatable bonds is 22. The van der Waals surface area contributed by atoms with Gasteiger partial charge in [-0.1, -0.05) is 0 Å². The van der Waals surface area contributed by atoms with Gasteiger partial charge in [0.2, 0.25) is 16.8 Å². The normalized spacial score (nSPS) is 14.2. The Hall–Kier alpha value is -0.180.